The number of anilines is 1. The molecule has 154 valence electrons. The molecule has 2 aliphatic heterocycles. The Morgan fingerprint density at radius 2 is 1.82 bits per heavy atom. The van der Waals surface area contributed by atoms with E-state index in [9.17, 15) is 14.9 Å². The fourth-order valence-electron chi connectivity index (χ4n) is 3.98. The summed E-state index contributed by atoms with van der Waals surface area (Å²) in [7, 11) is 2.90. The summed E-state index contributed by atoms with van der Waals surface area (Å²) in [6.45, 7) is 7.40. The van der Waals surface area contributed by atoms with Crippen LogP contribution in [-0.4, -0.2) is 60.9 Å². The number of ether oxygens (including phenoxy) is 3. The van der Waals surface area contributed by atoms with Crippen molar-refractivity contribution in [2.45, 2.75) is 44.8 Å². The third kappa shape index (κ3) is 3.53. The van der Waals surface area contributed by atoms with E-state index >= 15 is 0 Å². The van der Waals surface area contributed by atoms with E-state index in [0.717, 1.165) is 25.1 Å². The van der Waals surface area contributed by atoms with Crippen molar-refractivity contribution in [3.8, 4) is 11.5 Å². The first-order valence-electron chi connectivity index (χ1n) is 9.26. The van der Waals surface area contributed by atoms with Crippen LogP contribution in [0, 0.1) is 10.1 Å². The van der Waals surface area contributed by atoms with Gasteiger partial charge in [0, 0.05) is 25.7 Å². The molecule has 1 spiro atoms. The average Bonchev–Trinajstić information content (AvgIpc) is 3.02. The van der Waals surface area contributed by atoms with Gasteiger partial charge in [0.15, 0.2) is 5.75 Å². The molecule has 3 rings (SSSR count). The van der Waals surface area contributed by atoms with E-state index < -0.39 is 10.5 Å². The summed E-state index contributed by atoms with van der Waals surface area (Å²) in [5.74, 6) is 0.607. The van der Waals surface area contributed by atoms with E-state index in [0.29, 0.717) is 18.8 Å². The van der Waals surface area contributed by atoms with E-state index in [1.54, 1.807) is 11.0 Å². The molecule has 2 heterocycles. The summed E-state index contributed by atoms with van der Waals surface area (Å²) in [4.78, 5) is 27.0. The lowest BCUT2D eigenvalue weighted by Crippen LogP contribution is -2.69. The highest BCUT2D eigenvalue weighted by molar-refractivity contribution is 5.73. The van der Waals surface area contributed by atoms with Gasteiger partial charge in [-0.25, -0.2) is 4.79 Å². The SMILES string of the molecule is COc1cc([N+](=O)[O-])c(OC)cc1N1CCCC12CN(C(=O)OC(C)(C)C)C2. The molecule has 1 amide bonds. The first kappa shape index (κ1) is 20.0. The van der Waals surface area contributed by atoms with Crippen LogP contribution in [0.15, 0.2) is 12.1 Å². The maximum absolute atomic E-state index is 12.3. The number of hydrogen-bond acceptors (Lipinski definition) is 7. The van der Waals surface area contributed by atoms with Crippen LogP contribution >= 0.6 is 0 Å². The second-order valence-electron chi connectivity index (χ2n) is 8.27. The molecule has 1 aromatic carbocycles. The van der Waals surface area contributed by atoms with Gasteiger partial charge in [0.05, 0.1) is 36.4 Å². The maximum Gasteiger partial charge on any atom is 0.410 e. The normalized spacial score (nSPS) is 18.0. The predicted molar refractivity (Wildman–Crippen MR) is 103 cm³/mol. The number of hydrogen-bond donors (Lipinski definition) is 0. The van der Waals surface area contributed by atoms with Gasteiger partial charge in [0.25, 0.3) is 0 Å². The number of benzene rings is 1. The number of rotatable bonds is 4. The maximum atomic E-state index is 12.3. The van der Waals surface area contributed by atoms with Crippen molar-refractivity contribution in [2.75, 3.05) is 38.8 Å². The van der Waals surface area contributed by atoms with Crippen LogP contribution in [0.5, 0.6) is 11.5 Å². The number of methoxy groups -OCH3 is 2. The summed E-state index contributed by atoms with van der Waals surface area (Å²) in [6, 6.07) is 3.05. The van der Waals surface area contributed by atoms with Crippen LogP contribution in [0.1, 0.15) is 33.6 Å². The van der Waals surface area contributed by atoms with Crippen LogP contribution in [0.3, 0.4) is 0 Å². The second kappa shape index (κ2) is 7.03. The van der Waals surface area contributed by atoms with Crippen molar-refractivity contribution in [1.29, 1.82) is 0 Å². The first-order valence-corrected chi connectivity index (χ1v) is 9.26. The Balaban J connectivity index is 1.86. The molecule has 0 N–H and O–H groups in total. The number of carbonyl (C=O) groups is 1. The highest BCUT2D eigenvalue weighted by atomic mass is 16.6. The monoisotopic (exact) mass is 393 g/mol. The Kier molecular flexibility index (Phi) is 5.03. The Bertz CT molecular complexity index is 783. The molecule has 9 nitrogen and oxygen atoms in total. The zero-order valence-electron chi connectivity index (χ0n) is 17.0. The minimum Gasteiger partial charge on any atom is -0.494 e. The van der Waals surface area contributed by atoms with Crippen molar-refractivity contribution in [2.24, 2.45) is 0 Å². The van der Waals surface area contributed by atoms with Crippen molar-refractivity contribution >= 4 is 17.5 Å². The van der Waals surface area contributed by atoms with E-state index in [1.807, 2.05) is 20.8 Å². The van der Waals surface area contributed by atoms with Crippen LogP contribution in [0.4, 0.5) is 16.2 Å². The number of carbonyl (C=O) groups excluding carboxylic acids is 1. The third-order valence-corrected chi connectivity index (χ3v) is 5.19. The van der Waals surface area contributed by atoms with Gasteiger partial charge in [-0.15, -0.1) is 0 Å². The molecule has 0 bridgehead atoms. The van der Waals surface area contributed by atoms with Gasteiger partial charge >= 0.3 is 11.8 Å². The fraction of sp³-hybridized carbons (Fsp3) is 0.632. The molecule has 0 aliphatic carbocycles. The molecule has 1 aromatic rings. The standard InChI is InChI=1S/C19H27N3O6/c1-18(2,3)28-17(23)20-11-19(12-20)7-6-8-21(19)13-9-16(27-5)14(22(24)25)10-15(13)26-4/h9-10H,6-8,11-12H2,1-5H3. The Morgan fingerprint density at radius 1 is 1.18 bits per heavy atom. The molecule has 0 radical (unpaired) electrons. The Labute approximate surface area is 164 Å². The Hall–Kier alpha value is -2.71. The third-order valence-electron chi connectivity index (χ3n) is 5.19. The van der Waals surface area contributed by atoms with E-state index in [2.05, 4.69) is 4.90 Å². The van der Waals surface area contributed by atoms with Crippen LogP contribution in [0.25, 0.3) is 0 Å². The van der Waals surface area contributed by atoms with Gasteiger partial charge < -0.3 is 24.0 Å². The summed E-state index contributed by atoms with van der Waals surface area (Å²) in [5.41, 5.74) is -0.151. The van der Waals surface area contributed by atoms with Crippen LogP contribution in [0.2, 0.25) is 0 Å². The minimum atomic E-state index is -0.538. The van der Waals surface area contributed by atoms with Crippen molar-refractivity contribution in [1.82, 2.24) is 4.90 Å². The molecule has 0 aromatic heterocycles. The smallest absolute Gasteiger partial charge is 0.410 e. The number of amides is 1. The van der Waals surface area contributed by atoms with Crippen molar-refractivity contribution < 1.29 is 23.9 Å². The number of nitro groups is 1. The fourth-order valence-corrected chi connectivity index (χ4v) is 3.98. The minimum absolute atomic E-state index is 0.139. The topological polar surface area (TPSA) is 94.4 Å². The van der Waals surface area contributed by atoms with E-state index in [4.69, 9.17) is 14.2 Å². The molecule has 2 fully saturated rings. The van der Waals surface area contributed by atoms with Crippen molar-refractivity contribution in [3.05, 3.63) is 22.2 Å². The lowest BCUT2D eigenvalue weighted by Gasteiger charge is -2.53. The summed E-state index contributed by atoms with van der Waals surface area (Å²) in [6.07, 6.45) is 1.57. The average molecular weight is 393 g/mol. The summed E-state index contributed by atoms with van der Waals surface area (Å²) >= 11 is 0. The van der Waals surface area contributed by atoms with Gasteiger partial charge in [-0.3, -0.25) is 10.1 Å². The van der Waals surface area contributed by atoms with Gasteiger partial charge in [-0.05, 0) is 33.6 Å². The molecule has 0 unspecified atom stereocenters. The largest absolute Gasteiger partial charge is 0.494 e. The number of likely N-dealkylation sites (tertiary alicyclic amines) is 1. The molecule has 9 heteroatoms. The lowest BCUT2D eigenvalue weighted by molar-refractivity contribution is -0.385. The number of nitrogens with zero attached hydrogens (tertiary/aromatic N) is 3. The van der Waals surface area contributed by atoms with Gasteiger partial charge in [0.1, 0.15) is 11.4 Å². The van der Waals surface area contributed by atoms with E-state index in [-0.39, 0.29) is 23.1 Å². The highest BCUT2D eigenvalue weighted by Crippen LogP contribution is 2.47. The zero-order valence-corrected chi connectivity index (χ0v) is 17.0. The molecule has 28 heavy (non-hydrogen) atoms. The summed E-state index contributed by atoms with van der Waals surface area (Å²) < 4.78 is 16.1. The molecule has 0 atom stereocenters. The molecular formula is C19H27N3O6. The highest BCUT2D eigenvalue weighted by Gasteiger charge is 2.53. The second-order valence-corrected chi connectivity index (χ2v) is 8.27. The molecule has 2 saturated heterocycles. The van der Waals surface area contributed by atoms with Gasteiger partial charge in [-0.2, -0.15) is 0 Å². The van der Waals surface area contributed by atoms with Crippen molar-refractivity contribution in [3.63, 3.8) is 0 Å². The number of nitro benzene ring substituents is 1. The van der Waals surface area contributed by atoms with E-state index in [1.165, 1.54) is 20.3 Å². The summed E-state index contributed by atoms with van der Waals surface area (Å²) in [5, 5.41) is 11.3. The zero-order chi connectivity index (χ0) is 20.7. The molecule has 0 saturated carbocycles. The quantitative estimate of drug-likeness (QED) is 0.573. The van der Waals surface area contributed by atoms with Crippen LogP contribution < -0.4 is 14.4 Å². The molecular weight excluding hydrogens is 366 g/mol. The van der Waals surface area contributed by atoms with Gasteiger partial charge in [0.2, 0.25) is 0 Å². The molecule has 2 aliphatic rings. The van der Waals surface area contributed by atoms with Gasteiger partial charge in [-0.1, -0.05) is 0 Å². The Morgan fingerprint density at radius 3 is 2.36 bits per heavy atom. The lowest BCUT2D eigenvalue weighted by atomic mass is 9.87. The first-order chi connectivity index (χ1) is 13.1. The predicted octanol–water partition coefficient (Wildman–Crippen LogP) is 3.20. The van der Waals surface area contributed by atoms with Crippen LogP contribution in [-0.2, 0) is 4.74 Å².